The van der Waals surface area contributed by atoms with E-state index in [-0.39, 0.29) is 40.6 Å². The summed E-state index contributed by atoms with van der Waals surface area (Å²) in [6, 6.07) is 0. The maximum atomic E-state index is 13.1. The summed E-state index contributed by atoms with van der Waals surface area (Å²) in [5.74, 6) is -0.797. The van der Waals surface area contributed by atoms with Gasteiger partial charge in [-0.25, -0.2) is 0 Å². The molecular weight excluding hydrogens is 744 g/mol. The maximum Gasteiger partial charge on any atom is 0.310 e. The Morgan fingerprint density at radius 1 is 0.737 bits per heavy atom. The smallest absolute Gasteiger partial charge is 0.310 e. The van der Waals surface area contributed by atoms with Crippen molar-refractivity contribution in [2.24, 2.45) is 50.2 Å². The summed E-state index contributed by atoms with van der Waals surface area (Å²) in [6.07, 6.45) is -9.90. The van der Waals surface area contributed by atoms with Crippen LogP contribution >= 0.6 is 0 Å². The first-order valence-electron chi connectivity index (χ1n) is 21.1. The van der Waals surface area contributed by atoms with E-state index >= 15 is 0 Å². The fraction of sp³-hybridized carbons (Fsp3) is 0.929. The standard InChI is InChI=1S/C42H68O15/c1-37(2)11-13-42(36(52)53)14-12-40(5)20(21(42)15-37)7-8-26-38(3)16-22(46)33(39(4,19-45)25(38)9-10-41(26,40)6)57-35-31(51)32(28(48)24(18-44)55-35)56-34-30(50)29(49)27(47)23(17-43)54-34/h7,21-35,43-51H,8-19H2,1-6H3,(H,52,53)/t21-,22-,23+,24+,25+,26+,27-,28+,29-,30+,31+,32-,33-,34-,35-,38-,39-,40+,41+,42-/m0/s1. The Morgan fingerprint density at radius 2 is 1.35 bits per heavy atom. The fourth-order valence-electron chi connectivity index (χ4n) is 13.8. The van der Waals surface area contributed by atoms with Gasteiger partial charge < -0.3 is 70.0 Å². The molecule has 0 aromatic carbocycles. The normalized spacial score (nSPS) is 54.7. The molecule has 0 spiro atoms. The molecule has 20 atom stereocenters. The van der Waals surface area contributed by atoms with E-state index in [9.17, 15) is 55.9 Å². The second-order valence-electron chi connectivity index (χ2n) is 20.7. The van der Waals surface area contributed by atoms with Crippen LogP contribution in [0.4, 0.5) is 0 Å². The number of aliphatic hydroxyl groups excluding tert-OH is 9. The van der Waals surface area contributed by atoms with Crippen molar-refractivity contribution in [2.45, 2.75) is 173 Å². The van der Waals surface area contributed by atoms with Gasteiger partial charge in [0.25, 0.3) is 0 Å². The minimum atomic E-state index is -1.83. The Morgan fingerprint density at radius 3 is 1.96 bits per heavy atom. The van der Waals surface area contributed by atoms with Crippen LogP contribution in [0.2, 0.25) is 0 Å². The molecule has 0 radical (unpaired) electrons. The highest BCUT2D eigenvalue weighted by atomic mass is 16.7. The summed E-state index contributed by atoms with van der Waals surface area (Å²) in [5.41, 5.74) is -1.46. The van der Waals surface area contributed by atoms with E-state index in [0.717, 1.165) is 32.1 Å². The first-order valence-corrected chi connectivity index (χ1v) is 21.1. The van der Waals surface area contributed by atoms with E-state index in [1.807, 2.05) is 6.92 Å². The van der Waals surface area contributed by atoms with Crippen molar-refractivity contribution in [1.29, 1.82) is 0 Å². The maximum absolute atomic E-state index is 13.1. The van der Waals surface area contributed by atoms with Gasteiger partial charge in [0.05, 0.1) is 37.4 Å². The Kier molecular flexibility index (Phi) is 11.5. The van der Waals surface area contributed by atoms with Gasteiger partial charge in [-0.15, -0.1) is 0 Å². The predicted molar refractivity (Wildman–Crippen MR) is 201 cm³/mol. The molecule has 4 saturated carbocycles. The van der Waals surface area contributed by atoms with Crippen LogP contribution in [0, 0.1) is 50.2 Å². The largest absolute Gasteiger partial charge is 0.481 e. The number of allylic oxidation sites excluding steroid dienone is 2. The molecular formula is C42H68O15. The Balaban J connectivity index is 1.16. The second-order valence-corrected chi connectivity index (χ2v) is 20.7. The van der Waals surface area contributed by atoms with Crippen LogP contribution in [0.1, 0.15) is 99.3 Å². The summed E-state index contributed by atoms with van der Waals surface area (Å²) >= 11 is 0. The van der Waals surface area contributed by atoms with Crippen LogP contribution < -0.4 is 0 Å². The van der Waals surface area contributed by atoms with E-state index < -0.39 is 109 Å². The highest BCUT2D eigenvalue weighted by Crippen LogP contribution is 2.76. The molecule has 5 aliphatic carbocycles. The van der Waals surface area contributed by atoms with Crippen LogP contribution in [0.15, 0.2) is 11.6 Å². The molecule has 0 unspecified atom stereocenters. The van der Waals surface area contributed by atoms with Crippen molar-refractivity contribution in [2.75, 3.05) is 19.8 Å². The molecule has 0 aromatic heterocycles. The lowest BCUT2D eigenvalue weighted by Crippen LogP contribution is -2.70. The molecule has 2 aliphatic heterocycles. The summed E-state index contributed by atoms with van der Waals surface area (Å²) < 4.78 is 23.6. The van der Waals surface area contributed by atoms with Gasteiger partial charge >= 0.3 is 5.97 Å². The van der Waals surface area contributed by atoms with Crippen LogP contribution in [-0.4, -0.2) is 150 Å². The topological polar surface area (TPSA) is 256 Å². The van der Waals surface area contributed by atoms with Crippen LogP contribution in [0.5, 0.6) is 0 Å². The third kappa shape index (κ3) is 6.43. The van der Waals surface area contributed by atoms with E-state index in [0.29, 0.717) is 25.7 Å². The minimum Gasteiger partial charge on any atom is -0.481 e. The number of carboxylic acids is 1. The Hall–Kier alpha value is -1.31. The number of carbonyl (C=O) groups is 1. The number of carboxylic acid groups (broad SMARTS) is 1. The zero-order valence-electron chi connectivity index (χ0n) is 34.2. The molecule has 0 aromatic rings. The number of rotatable bonds is 8. The molecule has 6 fully saturated rings. The molecule has 7 rings (SSSR count). The third-order valence-corrected chi connectivity index (χ3v) is 17.4. The highest BCUT2D eigenvalue weighted by Gasteiger charge is 2.71. The van der Waals surface area contributed by atoms with Gasteiger partial charge in [0.15, 0.2) is 12.6 Å². The summed E-state index contributed by atoms with van der Waals surface area (Å²) in [7, 11) is 0. The monoisotopic (exact) mass is 812 g/mol. The molecule has 7 aliphatic rings. The predicted octanol–water partition coefficient (Wildman–Crippen LogP) is 0.825. The zero-order chi connectivity index (χ0) is 41.8. The summed E-state index contributed by atoms with van der Waals surface area (Å²) in [4.78, 5) is 13.1. The van der Waals surface area contributed by atoms with Gasteiger partial charge in [-0.1, -0.05) is 53.2 Å². The Labute approximate surface area is 335 Å². The van der Waals surface area contributed by atoms with Crippen molar-refractivity contribution in [3.05, 3.63) is 11.6 Å². The van der Waals surface area contributed by atoms with Crippen molar-refractivity contribution in [3.63, 3.8) is 0 Å². The zero-order valence-corrected chi connectivity index (χ0v) is 34.2. The van der Waals surface area contributed by atoms with Crippen LogP contribution in [-0.2, 0) is 23.7 Å². The second kappa shape index (κ2) is 14.9. The Bertz CT molecular complexity index is 1540. The number of ether oxygens (including phenoxy) is 4. The third-order valence-electron chi connectivity index (χ3n) is 17.4. The molecule has 57 heavy (non-hydrogen) atoms. The molecule has 0 bridgehead atoms. The van der Waals surface area contributed by atoms with Crippen LogP contribution in [0.25, 0.3) is 0 Å². The molecule has 326 valence electrons. The van der Waals surface area contributed by atoms with Gasteiger partial charge in [0, 0.05) is 5.41 Å². The summed E-state index contributed by atoms with van der Waals surface area (Å²) in [5, 5.41) is 108. The average Bonchev–Trinajstić information content (AvgIpc) is 3.15. The number of hydrogen-bond donors (Lipinski definition) is 10. The average molecular weight is 813 g/mol. The molecule has 10 N–H and O–H groups in total. The fourth-order valence-corrected chi connectivity index (χ4v) is 13.8. The quantitative estimate of drug-likeness (QED) is 0.120. The molecule has 0 amide bonds. The van der Waals surface area contributed by atoms with E-state index in [1.165, 1.54) is 5.57 Å². The van der Waals surface area contributed by atoms with Gasteiger partial charge in [-0.2, -0.15) is 0 Å². The molecule has 2 heterocycles. The van der Waals surface area contributed by atoms with Crippen molar-refractivity contribution < 1.29 is 74.8 Å². The first kappa shape index (κ1) is 43.8. The lowest BCUT2D eigenvalue weighted by atomic mass is 9.33. The van der Waals surface area contributed by atoms with Gasteiger partial charge in [-0.3, -0.25) is 4.79 Å². The number of fused-ring (bicyclic) bond motifs is 7. The lowest BCUT2D eigenvalue weighted by Gasteiger charge is -2.71. The van der Waals surface area contributed by atoms with Crippen molar-refractivity contribution in [1.82, 2.24) is 0 Å². The SMILES string of the molecule is CC1(C)CC[C@]2(C(=O)O)CC[C@]3(C)C(=CC[C@@H]4[C@@]5(C)C[C@H](O)[C@H](O[C@@H]6O[C@H](CO)[C@@H](O)[C@H](O[C@@H]7O[C@H](CO)[C@H](O)[C@H](O)[C@H]7O)[C@H]6O)[C@@](C)(CO)[C@@H]5CC[C@]43C)[C@@H]2C1. The molecule has 15 nitrogen and oxygen atoms in total. The van der Waals surface area contributed by atoms with E-state index in [4.69, 9.17) is 18.9 Å². The van der Waals surface area contributed by atoms with E-state index in [2.05, 4.69) is 40.7 Å². The van der Waals surface area contributed by atoms with Gasteiger partial charge in [0.1, 0.15) is 48.8 Å². The number of hydrogen-bond acceptors (Lipinski definition) is 14. The lowest BCUT2D eigenvalue weighted by molar-refractivity contribution is -0.375. The van der Waals surface area contributed by atoms with Crippen molar-refractivity contribution >= 4 is 5.97 Å². The van der Waals surface area contributed by atoms with Gasteiger partial charge in [0.2, 0.25) is 0 Å². The molecule has 15 heteroatoms. The number of aliphatic hydroxyl groups is 9. The first-order chi connectivity index (χ1) is 26.6. The van der Waals surface area contributed by atoms with Crippen LogP contribution in [0.3, 0.4) is 0 Å². The van der Waals surface area contributed by atoms with Gasteiger partial charge in [-0.05, 0) is 97.2 Å². The highest BCUT2D eigenvalue weighted by molar-refractivity contribution is 5.76. The minimum absolute atomic E-state index is 0.0342. The van der Waals surface area contributed by atoms with Crippen molar-refractivity contribution in [3.8, 4) is 0 Å². The summed E-state index contributed by atoms with van der Waals surface area (Å²) in [6.45, 7) is 11.5. The molecule has 2 saturated heterocycles. The van der Waals surface area contributed by atoms with E-state index in [1.54, 1.807) is 0 Å². The number of aliphatic carboxylic acids is 1.